The van der Waals surface area contributed by atoms with E-state index >= 15 is 0 Å². The summed E-state index contributed by atoms with van der Waals surface area (Å²) in [6.45, 7) is 7.77. The minimum atomic E-state index is -3.67. The van der Waals surface area contributed by atoms with Gasteiger partial charge in [-0.1, -0.05) is 54.4 Å². The standard InChI is InChI=1S/C20H20ClNO2S/c1-4-5-14-22(15-17(3)18-10-12-19(21)13-11-18)25(23,24)20-9-7-6-8-16(20)2/h6-13H,3,14-15H2,1-2H3. The molecule has 0 heterocycles. The van der Waals surface area contributed by atoms with E-state index in [1.807, 2.05) is 18.2 Å². The van der Waals surface area contributed by atoms with Gasteiger partial charge in [-0.25, -0.2) is 8.42 Å². The number of nitrogens with zero attached hydrogens (tertiary/aromatic N) is 1. The molecule has 2 rings (SSSR count). The Morgan fingerprint density at radius 2 is 1.80 bits per heavy atom. The first-order valence-corrected chi connectivity index (χ1v) is 9.57. The molecule has 5 heteroatoms. The van der Waals surface area contributed by atoms with Crippen LogP contribution in [0.25, 0.3) is 5.57 Å². The second-order valence-electron chi connectivity index (χ2n) is 5.58. The summed E-state index contributed by atoms with van der Waals surface area (Å²) in [4.78, 5) is 0.289. The van der Waals surface area contributed by atoms with Crippen LogP contribution in [0.4, 0.5) is 0 Å². The molecule has 0 atom stereocenters. The summed E-state index contributed by atoms with van der Waals surface area (Å²) in [5.74, 6) is 5.60. The van der Waals surface area contributed by atoms with Crippen molar-refractivity contribution in [1.82, 2.24) is 4.31 Å². The molecule has 0 aliphatic carbocycles. The van der Waals surface area contributed by atoms with Crippen LogP contribution in [0.3, 0.4) is 0 Å². The van der Waals surface area contributed by atoms with Crippen molar-refractivity contribution in [2.75, 3.05) is 13.1 Å². The normalized spacial score (nSPS) is 11.0. The number of hydrogen-bond donors (Lipinski definition) is 0. The van der Waals surface area contributed by atoms with E-state index in [0.29, 0.717) is 16.2 Å². The number of halogens is 1. The summed E-state index contributed by atoms with van der Waals surface area (Å²) in [6, 6.07) is 14.1. The van der Waals surface area contributed by atoms with Crippen LogP contribution in [-0.4, -0.2) is 25.8 Å². The highest BCUT2D eigenvalue weighted by molar-refractivity contribution is 7.89. The average Bonchev–Trinajstić information content (AvgIpc) is 2.59. The van der Waals surface area contributed by atoms with Gasteiger partial charge in [0, 0.05) is 11.6 Å². The maximum atomic E-state index is 13.1. The molecular formula is C20H20ClNO2S. The summed E-state index contributed by atoms with van der Waals surface area (Å²) in [6.07, 6.45) is 0. The molecule has 0 fully saturated rings. The van der Waals surface area contributed by atoms with Gasteiger partial charge in [0.2, 0.25) is 10.0 Å². The monoisotopic (exact) mass is 373 g/mol. The summed E-state index contributed by atoms with van der Waals surface area (Å²) in [7, 11) is -3.67. The van der Waals surface area contributed by atoms with Crippen molar-refractivity contribution >= 4 is 27.2 Å². The Morgan fingerprint density at radius 3 is 2.40 bits per heavy atom. The third-order valence-electron chi connectivity index (χ3n) is 3.76. The lowest BCUT2D eigenvalue weighted by molar-refractivity contribution is 0.481. The van der Waals surface area contributed by atoms with Crippen LogP contribution in [0.1, 0.15) is 18.1 Å². The molecule has 25 heavy (non-hydrogen) atoms. The van der Waals surface area contributed by atoms with Crippen LogP contribution < -0.4 is 0 Å². The summed E-state index contributed by atoms with van der Waals surface area (Å²) < 4.78 is 27.5. The minimum absolute atomic E-state index is 0.111. The zero-order valence-electron chi connectivity index (χ0n) is 14.3. The molecule has 0 radical (unpaired) electrons. The first kappa shape index (κ1) is 19.3. The van der Waals surface area contributed by atoms with E-state index in [2.05, 4.69) is 18.4 Å². The highest BCUT2D eigenvalue weighted by Gasteiger charge is 2.26. The van der Waals surface area contributed by atoms with Crippen molar-refractivity contribution in [2.24, 2.45) is 0 Å². The average molecular weight is 374 g/mol. The minimum Gasteiger partial charge on any atom is -0.207 e. The molecule has 0 saturated heterocycles. The molecule has 0 saturated carbocycles. The fourth-order valence-corrected chi connectivity index (χ4v) is 4.06. The van der Waals surface area contributed by atoms with Gasteiger partial charge in [0.15, 0.2) is 0 Å². The Morgan fingerprint density at radius 1 is 1.16 bits per heavy atom. The van der Waals surface area contributed by atoms with Gasteiger partial charge in [-0.3, -0.25) is 0 Å². The molecule has 2 aromatic rings. The predicted molar refractivity (Wildman–Crippen MR) is 104 cm³/mol. The van der Waals surface area contributed by atoms with Crippen LogP contribution in [0.5, 0.6) is 0 Å². The van der Waals surface area contributed by atoms with E-state index in [0.717, 1.165) is 5.56 Å². The summed E-state index contributed by atoms with van der Waals surface area (Å²) >= 11 is 5.91. The Bertz CT molecular complexity index is 922. The Hall–Kier alpha value is -2.06. The third kappa shape index (κ3) is 4.73. The van der Waals surface area contributed by atoms with Gasteiger partial charge < -0.3 is 0 Å². The SMILES string of the molecule is C=C(CN(CC#CC)S(=O)(=O)c1ccccc1C)c1ccc(Cl)cc1. The molecule has 0 N–H and O–H groups in total. The van der Waals surface area contributed by atoms with Gasteiger partial charge in [0.05, 0.1) is 11.4 Å². The van der Waals surface area contributed by atoms with Crippen molar-refractivity contribution in [3.8, 4) is 11.8 Å². The Labute approximate surface area is 155 Å². The second-order valence-corrected chi connectivity index (χ2v) is 7.92. The van der Waals surface area contributed by atoms with E-state index in [-0.39, 0.29) is 18.0 Å². The first-order chi connectivity index (χ1) is 11.9. The first-order valence-electron chi connectivity index (χ1n) is 7.75. The molecule has 0 spiro atoms. The molecule has 0 unspecified atom stereocenters. The Balaban J connectivity index is 2.35. The van der Waals surface area contributed by atoms with Gasteiger partial charge in [0.1, 0.15) is 0 Å². The van der Waals surface area contributed by atoms with E-state index in [1.54, 1.807) is 44.2 Å². The van der Waals surface area contributed by atoms with Crippen LogP contribution in [0.2, 0.25) is 5.02 Å². The number of aryl methyl sites for hydroxylation is 1. The number of benzene rings is 2. The fraction of sp³-hybridized carbons (Fsp3) is 0.200. The number of hydrogen-bond acceptors (Lipinski definition) is 2. The van der Waals surface area contributed by atoms with Crippen molar-refractivity contribution in [1.29, 1.82) is 0 Å². The van der Waals surface area contributed by atoms with E-state index in [9.17, 15) is 8.42 Å². The van der Waals surface area contributed by atoms with Crippen LogP contribution in [-0.2, 0) is 10.0 Å². The van der Waals surface area contributed by atoms with Crippen molar-refractivity contribution < 1.29 is 8.42 Å². The van der Waals surface area contributed by atoms with E-state index in [4.69, 9.17) is 11.6 Å². The topological polar surface area (TPSA) is 37.4 Å². The van der Waals surface area contributed by atoms with Crippen LogP contribution >= 0.6 is 11.6 Å². The van der Waals surface area contributed by atoms with E-state index < -0.39 is 10.0 Å². The largest absolute Gasteiger partial charge is 0.244 e. The maximum Gasteiger partial charge on any atom is 0.244 e. The van der Waals surface area contributed by atoms with Crippen molar-refractivity contribution in [3.63, 3.8) is 0 Å². The molecule has 130 valence electrons. The van der Waals surface area contributed by atoms with Gasteiger partial charge in [-0.05, 0) is 48.7 Å². The van der Waals surface area contributed by atoms with Gasteiger partial charge >= 0.3 is 0 Å². The molecular weight excluding hydrogens is 354 g/mol. The Kier molecular flexibility index (Phi) is 6.44. The lowest BCUT2D eigenvalue weighted by Crippen LogP contribution is -2.33. The lowest BCUT2D eigenvalue weighted by atomic mass is 10.1. The molecule has 0 aromatic heterocycles. The highest BCUT2D eigenvalue weighted by Crippen LogP contribution is 2.23. The molecule has 0 bridgehead atoms. The van der Waals surface area contributed by atoms with Gasteiger partial charge in [-0.15, -0.1) is 5.92 Å². The summed E-state index contributed by atoms with van der Waals surface area (Å²) in [5, 5.41) is 0.623. The highest BCUT2D eigenvalue weighted by atomic mass is 35.5. The maximum absolute atomic E-state index is 13.1. The van der Waals surface area contributed by atoms with Gasteiger partial charge in [-0.2, -0.15) is 4.31 Å². The molecule has 3 nitrogen and oxygen atoms in total. The molecule has 0 amide bonds. The molecule has 0 aliphatic rings. The smallest absolute Gasteiger partial charge is 0.207 e. The lowest BCUT2D eigenvalue weighted by Gasteiger charge is -2.22. The summed E-state index contributed by atoms with van der Waals surface area (Å²) in [5.41, 5.74) is 2.24. The quantitative estimate of drug-likeness (QED) is 0.705. The third-order valence-corrected chi connectivity index (χ3v) is 5.97. The number of rotatable bonds is 6. The van der Waals surface area contributed by atoms with E-state index in [1.165, 1.54) is 4.31 Å². The zero-order valence-corrected chi connectivity index (χ0v) is 15.9. The number of sulfonamides is 1. The predicted octanol–water partition coefficient (Wildman–Crippen LogP) is 4.38. The van der Waals surface area contributed by atoms with Crippen molar-refractivity contribution in [3.05, 3.63) is 71.3 Å². The van der Waals surface area contributed by atoms with Crippen molar-refractivity contribution in [2.45, 2.75) is 18.7 Å². The molecule has 0 aliphatic heterocycles. The van der Waals surface area contributed by atoms with Crippen LogP contribution in [0.15, 0.2) is 60.0 Å². The second kappa shape index (κ2) is 8.35. The fourth-order valence-electron chi connectivity index (χ4n) is 2.37. The molecule has 2 aromatic carbocycles. The van der Waals surface area contributed by atoms with Crippen LogP contribution in [0, 0.1) is 18.8 Å². The zero-order chi connectivity index (χ0) is 18.4. The van der Waals surface area contributed by atoms with Gasteiger partial charge in [0.25, 0.3) is 0 Å².